The highest BCUT2D eigenvalue weighted by Crippen LogP contribution is 2.33. The van der Waals surface area contributed by atoms with Gasteiger partial charge >= 0.3 is 0 Å². The SMILES string of the molecule is CCCCC/C=C\C/C=C\CCCCCCCCCC(=O)NC(COC1OC(CO)C(OC2OC(CO)C(OC3OC(CO)C(O)C(O)C3O)C(O)C2O)C(O)C1O)C(O)/C=C/CC/C=C/CCCCCCCCCCCCCCCC. The quantitative estimate of drug-likeness (QED) is 0.0224. The lowest BCUT2D eigenvalue weighted by molar-refractivity contribution is -0.379. The molecule has 0 aromatic rings. The van der Waals surface area contributed by atoms with E-state index in [4.69, 9.17) is 28.4 Å². The van der Waals surface area contributed by atoms with Crippen molar-refractivity contribution in [1.29, 1.82) is 0 Å². The van der Waals surface area contributed by atoms with Gasteiger partial charge in [0.25, 0.3) is 0 Å². The maximum absolute atomic E-state index is 13.3. The monoisotopic (exact) mass is 1170 g/mol. The molecule has 82 heavy (non-hydrogen) atoms. The minimum atomic E-state index is -1.98. The zero-order valence-corrected chi connectivity index (χ0v) is 50.0. The molecule has 3 rings (SSSR count). The number of rotatable bonds is 47. The highest BCUT2D eigenvalue weighted by atomic mass is 16.8. The van der Waals surface area contributed by atoms with Crippen molar-refractivity contribution in [3.63, 3.8) is 0 Å². The van der Waals surface area contributed by atoms with Gasteiger partial charge in [-0.1, -0.05) is 191 Å². The molecular weight excluding hydrogens is 1060 g/mol. The highest BCUT2D eigenvalue weighted by Gasteiger charge is 2.53. The van der Waals surface area contributed by atoms with Crippen LogP contribution in [0.5, 0.6) is 0 Å². The van der Waals surface area contributed by atoms with Crippen LogP contribution in [0.25, 0.3) is 0 Å². The second kappa shape index (κ2) is 46.0. The molecule has 3 aliphatic rings. The third-order valence-corrected chi connectivity index (χ3v) is 15.8. The Morgan fingerprint density at radius 1 is 0.439 bits per heavy atom. The van der Waals surface area contributed by atoms with Crippen molar-refractivity contribution in [2.75, 3.05) is 26.4 Å². The summed E-state index contributed by atoms with van der Waals surface area (Å²) in [4.78, 5) is 13.3. The summed E-state index contributed by atoms with van der Waals surface area (Å²) in [7, 11) is 0. The molecule has 12 N–H and O–H groups in total. The van der Waals surface area contributed by atoms with Gasteiger partial charge in [0.05, 0.1) is 38.6 Å². The van der Waals surface area contributed by atoms with Gasteiger partial charge in [-0.25, -0.2) is 0 Å². The van der Waals surface area contributed by atoms with Gasteiger partial charge in [-0.2, -0.15) is 0 Å². The number of hydrogen-bond acceptors (Lipinski definition) is 18. The number of allylic oxidation sites excluding steroid dienone is 7. The largest absolute Gasteiger partial charge is 0.394 e. The number of ether oxygens (including phenoxy) is 6. The van der Waals surface area contributed by atoms with E-state index in [-0.39, 0.29) is 18.9 Å². The third-order valence-electron chi connectivity index (χ3n) is 15.8. The first-order chi connectivity index (χ1) is 39.8. The Morgan fingerprint density at radius 3 is 1.32 bits per heavy atom. The van der Waals surface area contributed by atoms with Crippen molar-refractivity contribution in [2.24, 2.45) is 0 Å². The molecule has 0 saturated carbocycles. The Kier molecular flexibility index (Phi) is 41.5. The van der Waals surface area contributed by atoms with Crippen LogP contribution in [0.2, 0.25) is 0 Å². The second-order valence-electron chi connectivity index (χ2n) is 22.9. The number of unbranched alkanes of at least 4 members (excludes halogenated alkanes) is 25. The van der Waals surface area contributed by atoms with Gasteiger partial charge in [0.15, 0.2) is 18.9 Å². The lowest BCUT2D eigenvalue weighted by Gasteiger charge is -2.48. The molecule has 3 aliphatic heterocycles. The number of carbonyl (C=O) groups excluding carboxylic acids is 1. The Morgan fingerprint density at radius 2 is 0.817 bits per heavy atom. The molecule has 17 atom stereocenters. The zero-order chi connectivity index (χ0) is 59.7. The van der Waals surface area contributed by atoms with Crippen molar-refractivity contribution in [3.8, 4) is 0 Å². The maximum atomic E-state index is 13.3. The molecule has 19 heteroatoms. The van der Waals surface area contributed by atoms with Crippen LogP contribution in [-0.2, 0) is 33.2 Å². The van der Waals surface area contributed by atoms with E-state index in [1.807, 2.05) is 6.08 Å². The molecule has 478 valence electrons. The summed E-state index contributed by atoms with van der Waals surface area (Å²) in [5, 5.41) is 120. The lowest BCUT2D eigenvalue weighted by atomic mass is 9.96. The van der Waals surface area contributed by atoms with E-state index in [9.17, 15) is 61.0 Å². The molecule has 3 fully saturated rings. The van der Waals surface area contributed by atoms with Gasteiger partial charge in [-0.3, -0.25) is 4.79 Å². The minimum Gasteiger partial charge on any atom is -0.394 e. The Hall–Kier alpha value is -2.25. The van der Waals surface area contributed by atoms with Crippen LogP contribution in [0.4, 0.5) is 0 Å². The standard InChI is InChI=1S/C63H113NO18/c1-3-5-7-9-11-13-15-17-19-21-22-23-25-26-28-30-32-34-36-38-40-47(68)46(64-51(69)41-39-37-35-33-31-29-27-24-20-18-16-14-12-10-8-6-4-2)45-77-61-57(75)54(72)59(49(43-66)79-61)82-63-58(76)55(73)60(50(44-67)80-63)81-62-56(74)53(71)52(70)48(42-65)78-62/h12,14,18,20,30,32,38,40,46-50,52-63,65-68,70-76H,3-11,13,15-17,19,21-29,31,33-37,39,41-45H2,1-2H3,(H,64,69)/b14-12-,20-18-,32-30+,40-38+. The number of aliphatic hydroxyl groups is 11. The van der Waals surface area contributed by atoms with E-state index < -0.39 is 124 Å². The maximum Gasteiger partial charge on any atom is 0.220 e. The van der Waals surface area contributed by atoms with Crippen LogP contribution in [0.1, 0.15) is 213 Å². The van der Waals surface area contributed by atoms with E-state index in [1.165, 1.54) is 103 Å². The Bertz CT molecular complexity index is 1680. The minimum absolute atomic E-state index is 0.225. The third kappa shape index (κ3) is 29.0. The summed E-state index contributed by atoms with van der Waals surface area (Å²) in [6.45, 7) is 1.68. The summed E-state index contributed by atoms with van der Waals surface area (Å²) in [6, 6.07) is -0.995. The van der Waals surface area contributed by atoms with Crippen LogP contribution in [-0.4, -0.2) is 193 Å². The topological polar surface area (TPSA) is 307 Å². The second-order valence-corrected chi connectivity index (χ2v) is 22.9. The van der Waals surface area contributed by atoms with Crippen LogP contribution in [0.15, 0.2) is 48.6 Å². The van der Waals surface area contributed by atoms with Crippen molar-refractivity contribution < 1.29 is 89.4 Å². The molecule has 0 radical (unpaired) electrons. The molecule has 3 saturated heterocycles. The fourth-order valence-electron chi connectivity index (χ4n) is 10.6. The molecule has 0 aromatic carbocycles. The Labute approximate surface area is 491 Å². The predicted octanol–water partition coefficient (Wildman–Crippen LogP) is 6.65. The first-order valence-corrected chi connectivity index (χ1v) is 31.9. The van der Waals surface area contributed by atoms with Crippen molar-refractivity contribution in [2.45, 2.75) is 317 Å². The fourth-order valence-corrected chi connectivity index (χ4v) is 10.6. The summed E-state index contributed by atoms with van der Waals surface area (Å²) in [5.41, 5.74) is 0. The molecule has 19 nitrogen and oxygen atoms in total. The van der Waals surface area contributed by atoms with Gasteiger partial charge < -0.3 is 89.9 Å². The molecule has 0 spiro atoms. The van der Waals surface area contributed by atoms with Crippen LogP contribution in [0.3, 0.4) is 0 Å². The van der Waals surface area contributed by atoms with Crippen molar-refractivity contribution in [3.05, 3.63) is 48.6 Å². The molecular formula is C63H113NO18. The summed E-state index contributed by atoms with van der Waals surface area (Å²) >= 11 is 0. The summed E-state index contributed by atoms with van der Waals surface area (Å²) in [5.74, 6) is -0.294. The first kappa shape index (κ1) is 74.0. The normalized spacial score (nSPS) is 29.9. The Balaban J connectivity index is 1.50. The van der Waals surface area contributed by atoms with Gasteiger partial charge in [-0.05, 0) is 64.2 Å². The number of aliphatic hydroxyl groups excluding tert-OH is 11. The lowest BCUT2D eigenvalue weighted by Crippen LogP contribution is -2.66. The number of hydrogen-bond donors (Lipinski definition) is 12. The van der Waals surface area contributed by atoms with Crippen LogP contribution >= 0.6 is 0 Å². The predicted molar refractivity (Wildman–Crippen MR) is 314 cm³/mol. The summed E-state index contributed by atoms with van der Waals surface area (Å²) in [6.07, 6.45) is 25.1. The number of amides is 1. The van der Waals surface area contributed by atoms with Gasteiger partial charge in [0, 0.05) is 6.42 Å². The van der Waals surface area contributed by atoms with Crippen molar-refractivity contribution in [1.82, 2.24) is 5.32 Å². The molecule has 17 unspecified atom stereocenters. The smallest absolute Gasteiger partial charge is 0.220 e. The molecule has 1 amide bonds. The molecule has 3 heterocycles. The highest BCUT2D eigenvalue weighted by molar-refractivity contribution is 5.76. The molecule has 0 aromatic heterocycles. The van der Waals surface area contributed by atoms with Crippen LogP contribution in [0, 0.1) is 0 Å². The van der Waals surface area contributed by atoms with E-state index >= 15 is 0 Å². The van der Waals surface area contributed by atoms with Gasteiger partial charge in [-0.15, -0.1) is 0 Å². The van der Waals surface area contributed by atoms with E-state index in [0.717, 1.165) is 77.0 Å². The molecule has 0 aliphatic carbocycles. The van der Waals surface area contributed by atoms with Crippen LogP contribution < -0.4 is 5.32 Å². The number of nitrogens with one attached hydrogen (secondary N) is 1. The fraction of sp³-hybridized carbons (Fsp3) is 0.857. The summed E-state index contributed by atoms with van der Waals surface area (Å²) < 4.78 is 34.3. The number of carbonyl (C=O) groups is 1. The average molecular weight is 1170 g/mol. The first-order valence-electron chi connectivity index (χ1n) is 31.9. The van der Waals surface area contributed by atoms with Gasteiger partial charge in [0.1, 0.15) is 73.2 Å². The van der Waals surface area contributed by atoms with E-state index in [1.54, 1.807) is 6.08 Å². The average Bonchev–Trinajstić information content (AvgIpc) is 3.39. The van der Waals surface area contributed by atoms with Crippen molar-refractivity contribution >= 4 is 5.91 Å². The molecule has 0 bridgehead atoms. The van der Waals surface area contributed by atoms with E-state index in [0.29, 0.717) is 12.8 Å². The zero-order valence-electron chi connectivity index (χ0n) is 50.0. The van der Waals surface area contributed by atoms with Gasteiger partial charge in [0.2, 0.25) is 5.91 Å². The van der Waals surface area contributed by atoms with E-state index in [2.05, 4.69) is 55.6 Å².